The molecule has 0 aromatic carbocycles. The summed E-state index contributed by atoms with van der Waals surface area (Å²) in [6, 6.07) is 2.28. The first-order chi connectivity index (χ1) is 9.43. The summed E-state index contributed by atoms with van der Waals surface area (Å²) in [5, 5.41) is 0. The number of nitrogens with two attached hydrogens (primary N) is 1. The Morgan fingerprint density at radius 2 is 2.05 bits per heavy atom. The molecule has 1 fully saturated rings. The average Bonchev–Trinajstić information content (AvgIpc) is 2.45. The van der Waals surface area contributed by atoms with E-state index >= 15 is 0 Å². The minimum atomic E-state index is -4.33. The summed E-state index contributed by atoms with van der Waals surface area (Å²) < 4.78 is 38.3. The fourth-order valence-corrected chi connectivity index (χ4v) is 2.93. The summed E-state index contributed by atoms with van der Waals surface area (Å²) in [6.45, 7) is 0.563. The molecule has 3 nitrogen and oxygen atoms in total. The third-order valence-corrected chi connectivity index (χ3v) is 4.10. The molecule has 2 atom stereocenters. The Bertz CT molecular complexity index is 448. The van der Waals surface area contributed by atoms with Crippen LogP contribution in [-0.4, -0.2) is 24.6 Å². The highest BCUT2D eigenvalue weighted by Crippen LogP contribution is 2.33. The SMILES string of the molecule is CN(c1cc(C(F)(F)F)ccn1)C1CCCCC1CN. The van der Waals surface area contributed by atoms with Gasteiger partial charge in [0.25, 0.3) is 0 Å². The maximum Gasteiger partial charge on any atom is 0.416 e. The van der Waals surface area contributed by atoms with Crippen molar-refractivity contribution in [1.29, 1.82) is 0 Å². The molecule has 0 radical (unpaired) electrons. The molecule has 0 saturated heterocycles. The Kier molecular flexibility index (Phi) is 4.52. The number of alkyl halides is 3. The number of anilines is 1. The predicted octanol–water partition coefficient (Wildman–Crippen LogP) is 3.05. The molecule has 1 saturated carbocycles. The van der Waals surface area contributed by atoms with Crippen LogP contribution in [0.3, 0.4) is 0 Å². The zero-order chi connectivity index (χ0) is 14.8. The van der Waals surface area contributed by atoms with Gasteiger partial charge in [0, 0.05) is 19.3 Å². The van der Waals surface area contributed by atoms with E-state index in [0.717, 1.165) is 37.8 Å². The molecule has 1 heterocycles. The highest BCUT2D eigenvalue weighted by atomic mass is 19.4. The van der Waals surface area contributed by atoms with Gasteiger partial charge in [0.05, 0.1) is 5.56 Å². The third kappa shape index (κ3) is 3.23. The maximum atomic E-state index is 12.8. The van der Waals surface area contributed by atoms with Crippen LogP contribution < -0.4 is 10.6 Å². The zero-order valence-corrected chi connectivity index (χ0v) is 11.5. The third-order valence-electron chi connectivity index (χ3n) is 4.10. The molecule has 1 aliphatic rings. The molecule has 2 rings (SSSR count). The summed E-state index contributed by atoms with van der Waals surface area (Å²) in [5.41, 5.74) is 5.12. The zero-order valence-electron chi connectivity index (χ0n) is 11.5. The summed E-state index contributed by atoms with van der Waals surface area (Å²) >= 11 is 0. The Balaban J connectivity index is 2.21. The maximum absolute atomic E-state index is 12.8. The van der Waals surface area contributed by atoms with Crippen molar-refractivity contribution in [2.45, 2.75) is 37.9 Å². The highest BCUT2D eigenvalue weighted by molar-refractivity contribution is 5.42. The van der Waals surface area contributed by atoms with Crippen LogP contribution in [0.5, 0.6) is 0 Å². The highest BCUT2D eigenvalue weighted by Gasteiger charge is 2.32. The van der Waals surface area contributed by atoms with Gasteiger partial charge in [-0.2, -0.15) is 13.2 Å². The van der Waals surface area contributed by atoms with Gasteiger partial charge in [-0.15, -0.1) is 0 Å². The smallest absolute Gasteiger partial charge is 0.356 e. The molecule has 2 N–H and O–H groups in total. The quantitative estimate of drug-likeness (QED) is 0.929. The fourth-order valence-electron chi connectivity index (χ4n) is 2.93. The lowest BCUT2D eigenvalue weighted by Crippen LogP contribution is -2.43. The van der Waals surface area contributed by atoms with Gasteiger partial charge in [-0.1, -0.05) is 12.8 Å². The molecule has 20 heavy (non-hydrogen) atoms. The standard InChI is InChI=1S/C14H20F3N3/c1-20(12-5-3-2-4-10(12)9-18)13-8-11(6-7-19-13)14(15,16)17/h6-8,10,12H,2-5,9,18H2,1H3. The van der Waals surface area contributed by atoms with E-state index in [1.807, 2.05) is 4.90 Å². The first-order valence-electron chi connectivity index (χ1n) is 6.89. The summed E-state index contributed by atoms with van der Waals surface area (Å²) in [4.78, 5) is 5.93. The fraction of sp³-hybridized carbons (Fsp3) is 0.643. The van der Waals surface area contributed by atoms with Crippen LogP contribution >= 0.6 is 0 Å². The molecule has 2 unspecified atom stereocenters. The first-order valence-corrected chi connectivity index (χ1v) is 6.89. The Labute approximate surface area is 117 Å². The molecule has 0 amide bonds. The van der Waals surface area contributed by atoms with Gasteiger partial charge in [0.15, 0.2) is 0 Å². The largest absolute Gasteiger partial charge is 0.416 e. The van der Waals surface area contributed by atoms with Crippen LogP contribution in [0.4, 0.5) is 19.0 Å². The molecule has 1 aromatic heterocycles. The van der Waals surface area contributed by atoms with Gasteiger partial charge in [-0.05, 0) is 37.4 Å². The van der Waals surface area contributed by atoms with Gasteiger partial charge in [-0.25, -0.2) is 4.98 Å². The van der Waals surface area contributed by atoms with Crippen LogP contribution in [0.15, 0.2) is 18.3 Å². The minimum Gasteiger partial charge on any atom is -0.356 e. The molecule has 1 aliphatic carbocycles. The van der Waals surface area contributed by atoms with E-state index in [1.54, 1.807) is 7.05 Å². The van der Waals surface area contributed by atoms with E-state index < -0.39 is 11.7 Å². The summed E-state index contributed by atoms with van der Waals surface area (Å²) in [6.07, 6.45) is 1.10. The number of halogens is 3. The van der Waals surface area contributed by atoms with Gasteiger partial charge in [0.2, 0.25) is 0 Å². The number of nitrogens with zero attached hydrogens (tertiary/aromatic N) is 2. The predicted molar refractivity (Wildman–Crippen MR) is 72.4 cm³/mol. The Morgan fingerprint density at radius 1 is 1.35 bits per heavy atom. The van der Waals surface area contributed by atoms with E-state index in [1.165, 1.54) is 6.20 Å². The van der Waals surface area contributed by atoms with E-state index in [-0.39, 0.29) is 6.04 Å². The second-order valence-electron chi connectivity index (χ2n) is 5.36. The number of hydrogen-bond donors (Lipinski definition) is 1. The van der Waals surface area contributed by atoms with Crippen molar-refractivity contribution in [1.82, 2.24) is 4.98 Å². The van der Waals surface area contributed by atoms with Crippen molar-refractivity contribution in [2.75, 3.05) is 18.5 Å². The van der Waals surface area contributed by atoms with E-state index in [0.29, 0.717) is 18.3 Å². The van der Waals surface area contributed by atoms with E-state index in [2.05, 4.69) is 4.98 Å². The van der Waals surface area contributed by atoms with Crippen molar-refractivity contribution in [3.8, 4) is 0 Å². The van der Waals surface area contributed by atoms with Gasteiger partial charge in [0.1, 0.15) is 5.82 Å². The summed E-state index contributed by atoms with van der Waals surface area (Å²) in [7, 11) is 1.81. The normalized spacial score (nSPS) is 23.6. The van der Waals surface area contributed by atoms with Crippen LogP contribution in [-0.2, 0) is 6.18 Å². The van der Waals surface area contributed by atoms with Crippen LogP contribution in [0.25, 0.3) is 0 Å². The van der Waals surface area contributed by atoms with Crippen molar-refractivity contribution < 1.29 is 13.2 Å². The molecular weight excluding hydrogens is 267 g/mol. The molecule has 112 valence electrons. The van der Waals surface area contributed by atoms with Crippen LogP contribution in [0, 0.1) is 5.92 Å². The molecule has 0 bridgehead atoms. The van der Waals surface area contributed by atoms with E-state index in [4.69, 9.17) is 5.73 Å². The van der Waals surface area contributed by atoms with Crippen molar-refractivity contribution >= 4 is 5.82 Å². The lowest BCUT2D eigenvalue weighted by Gasteiger charge is -2.38. The lowest BCUT2D eigenvalue weighted by molar-refractivity contribution is -0.137. The Morgan fingerprint density at radius 3 is 2.70 bits per heavy atom. The number of aromatic nitrogens is 1. The van der Waals surface area contributed by atoms with Gasteiger partial charge >= 0.3 is 6.18 Å². The van der Waals surface area contributed by atoms with Gasteiger partial charge in [-0.3, -0.25) is 0 Å². The average molecular weight is 287 g/mol. The number of rotatable bonds is 3. The number of hydrogen-bond acceptors (Lipinski definition) is 3. The number of pyridine rings is 1. The van der Waals surface area contributed by atoms with Crippen molar-refractivity contribution in [2.24, 2.45) is 11.7 Å². The minimum absolute atomic E-state index is 0.171. The first kappa shape index (κ1) is 15.1. The monoisotopic (exact) mass is 287 g/mol. The summed E-state index contributed by atoms with van der Waals surface area (Å²) in [5.74, 6) is 0.690. The topological polar surface area (TPSA) is 42.2 Å². The van der Waals surface area contributed by atoms with Gasteiger partial charge < -0.3 is 10.6 Å². The van der Waals surface area contributed by atoms with Crippen molar-refractivity contribution in [3.05, 3.63) is 23.9 Å². The van der Waals surface area contributed by atoms with E-state index in [9.17, 15) is 13.2 Å². The van der Waals surface area contributed by atoms with Crippen molar-refractivity contribution in [3.63, 3.8) is 0 Å². The second kappa shape index (κ2) is 5.99. The molecule has 1 aromatic rings. The molecule has 6 heteroatoms. The molecule has 0 aliphatic heterocycles. The van der Waals surface area contributed by atoms with Crippen LogP contribution in [0.2, 0.25) is 0 Å². The Hall–Kier alpha value is -1.30. The molecule has 0 spiro atoms. The lowest BCUT2D eigenvalue weighted by atomic mass is 9.83. The second-order valence-corrected chi connectivity index (χ2v) is 5.36. The molecular formula is C14H20F3N3. The van der Waals surface area contributed by atoms with Crippen LogP contribution in [0.1, 0.15) is 31.2 Å².